The number of carbonyl (C=O) groups excluding carboxylic acids is 2. The Balaban J connectivity index is 1.85. The summed E-state index contributed by atoms with van der Waals surface area (Å²) in [6.45, 7) is 1.63. The highest BCUT2D eigenvalue weighted by molar-refractivity contribution is 6.29. The molecule has 0 saturated carbocycles. The van der Waals surface area contributed by atoms with Crippen molar-refractivity contribution in [1.29, 1.82) is 0 Å². The van der Waals surface area contributed by atoms with Crippen molar-refractivity contribution < 1.29 is 9.59 Å². The first-order chi connectivity index (χ1) is 11.2. The molecule has 0 saturated heterocycles. The third-order valence-electron chi connectivity index (χ3n) is 2.64. The molecule has 0 bridgehead atoms. The second kappa shape index (κ2) is 8.13. The SMILES string of the molecule is CC(/C=N/NC(=O)c1ccncc1)=N\NC(=O)c1ccncc1. The minimum absolute atomic E-state index is 0.360. The lowest BCUT2D eigenvalue weighted by molar-refractivity contribution is 0.0946. The zero-order valence-electron chi connectivity index (χ0n) is 12.3. The van der Waals surface area contributed by atoms with Crippen LogP contribution in [0.4, 0.5) is 0 Å². The van der Waals surface area contributed by atoms with E-state index < -0.39 is 0 Å². The van der Waals surface area contributed by atoms with Gasteiger partial charge in [-0.2, -0.15) is 10.2 Å². The van der Waals surface area contributed by atoms with E-state index in [2.05, 4.69) is 31.0 Å². The molecule has 0 atom stereocenters. The molecule has 0 radical (unpaired) electrons. The Bertz CT molecular complexity index is 728. The molecule has 0 fully saturated rings. The van der Waals surface area contributed by atoms with Crippen molar-refractivity contribution in [3.63, 3.8) is 0 Å². The lowest BCUT2D eigenvalue weighted by Gasteiger charge is -2.00. The van der Waals surface area contributed by atoms with Gasteiger partial charge in [0.25, 0.3) is 11.8 Å². The van der Waals surface area contributed by atoms with Crippen LogP contribution in [0.1, 0.15) is 27.6 Å². The molecule has 2 aromatic heterocycles. The van der Waals surface area contributed by atoms with Crippen molar-refractivity contribution in [2.24, 2.45) is 10.2 Å². The number of nitrogens with one attached hydrogen (secondary N) is 2. The Hall–Kier alpha value is -3.42. The van der Waals surface area contributed by atoms with E-state index in [-0.39, 0.29) is 11.8 Å². The largest absolute Gasteiger partial charge is 0.271 e. The van der Waals surface area contributed by atoms with Gasteiger partial charge < -0.3 is 0 Å². The van der Waals surface area contributed by atoms with Crippen molar-refractivity contribution >= 4 is 23.7 Å². The van der Waals surface area contributed by atoms with Crippen molar-refractivity contribution in [3.05, 3.63) is 60.2 Å². The van der Waals surface area contributed by atoms with E-state index in [1.165, 1.54) is 31.0 Å². The van der Waals surface area contributed by atoms with Crippen LogP contribution in [-0.2, 0) is 0 Å². The van der Waals surface area contributed by atoms with Crippen LogP contribution in [0.2, 0.25) is 0 Å². The van der Waals surface area contributed by atoms with Crippen LogP contribution in [0.5, 0.6) is 0 Å². The fourth-order valence-corrected chi connectivity index (χ4v) is 1.49. The first kappa shape index (κ1) is 16.0. The molecule has 116 valence electrons. The molecule has 8 heteroatoms. The van der Waals surface area contributed by atoms with Gasteiger partial charge in [0.15, 0.2) is 0 Å². The molecule has 23 heavy (non-hydrogen) atoms. The predicted molar refractivity (Wildman–Crippen MR) is 85.0 cm³/mol. The number of pyridine rings is 2. The standard InChI is InChI=1S/C15H14N6O2/c1-11(19-21-15(23)13-4-8-17-9-5-13)10-18-20-14(22)12-2-6-16-7-3-12/h2-10H,1H3,(H,20,22)(H,21,23)/b18-10+,19-11+. The van der Waals surface area contributed by atoms with Gasteiger partial charge in [0.2, 0.25) is 0 Å². The van der Waals surface area contributed by atoms with Gasteiger partial charge in [-0.25, -0.2) is 10.9 Å². The topological polar surface area (TPSA) is 109 Å². The number of hydrazone groups is 2. The van der Waals surface area contributed by atoms with Crippen molar-refractivity contribution in [2.45, 2.75) is 6.92 Å². The smallest absolute Gasteiger partial charge is 0.267 e. The Morgan fingerprint density at radius 3 is 1.91 bits per heavy atom. The van der Waals surface area contributed by atoms with Crippen LogP contribution >= 0.6 is 0 Å². The molecule has 0 spiro atoms. The number of rotatable bonds is 5. The van der Waals surface area contributed by atoms with Gasteiger partial charge in [0.05, 0.1) is 11.9 Å². The lowest BCUT2D eigenvalue weighted by Crippen LogP contribution is -2.21. The molecule has 0 unspecified atom stereocenters. The van der Waals surface area contributed by atoms with E-state index in [4.69, 9.17) is 0 Å². The zero-order valence-corrected chi connectivity index (χ0v) is 12.3. The van der Waals surface area contributed by atoms with Crippen molar-refractivity contribution in [3.8, 4) is 0 Å². The zero-order chi connectivity index (χ0) is 16.5. The predicted octanol–water partition coefficient (Wildman–Crippen LogP) is 0.998. The highest BCUT2D eigenvalue weighted by Crippen LogP contribution is 1.96. The number of nitrogens with zero attached hydrogens (tertiary/aromatic N) is 4. The van der Waals surface area contributed by atoms with Crippen LogP contribution in [0.15, 0.2) is 59.3 Å². The average molecular weight is 310 g/mol. The summed E-state index contributed by atoms with van der Waals surface area (Å²) < 4.78 is 0. The highest BCUT2D eigenvalue weighted by Gasteiger charge is 2.03. The van der Waals surface area contributed by atoms with Gasteiger partial charge in [-0.3, -0.25) is 19.6 Å². The fraction of sp³-hybridized carbons (Fsp3) is 0.0667. The summed E-state index contributed by atoms with van der Waals surface area (Å²) in [6.07, 6.45) is 7.38. The van der Waals surface area contributed by atoms with Gasteiger partial charge in [-0.15, -0.1) is 0 Å². The van der Waals surface area contributed by atoms with Gasteiger partial charge in [0, 0.05) is 35.9 Å². The quantitative estimate of drug-likeness (QED) is 0.634. The van der Waals surface area contributed by atoms with Crippen molar-refractivity contribution in [1.82, 2.24) is 20.8 Å². The maximum absolute atomic E-state index is 11.8. The van der Waals surface area contributed by atoms with Crippen LogP contribution in [0.3, 0.4) is 0 Å². The summed E-state index contributed by atoms with van der Waals surface area (Å²) in [5.74, 6) is -0.724. The summed E-state index contributed by atoms with van der Waals surface area (Å²) >= 11 is 0. The molecule has 2 amide bonds. The number of aromatic nitrogens is 2. The molecule has 0 aliphatic heterocycles. The Kier molecular flexibility index (Phi) is 5.64. The highest BCUT2D eigenvalue weighted by atomic mass is 16.2. The number of carbonyl (C=O) groups is 2. The lowest BCUT2D eigenvalue weighted by atomic mass is 10.3. The molecule has 8 nitrogen and oxygen atoms in total. The first-order valence-corrected chi connectivity index (χ1v) is 6.65. The Morgan fingerprint density at radius 1 is 0.913 bits per heavy atom. The summed E-state index contributed by atoms with van der Waals surface area (Å²) in [5.41, 5.74) is 6.03. The second-order valence-corrected chi connectivity index (χ2v) is 4.37. The maximum atomic E-state index is 11.8. The van der Waals surface area contributed by atoms with E-state index in [0.29, 0.717) is 16.8 Å². The third kappa shape index (κ3) is 5.12. The maximum Gasteiger partial charge on any atom is 0.271 e. The molecular formula is C15H14N6O2. The molecule has 0 aliphatic carbocycles. The number of amides is 2. The van der Waals surface area contributed by atoms with Crippen molar-refractivity contribution in [2.75, 3.05) is 0 Å². The van der Waals surface area contributed by atoms with Crippen LogP contribution in [-0.4, -0.2) is 33.7 Å². The monoisotopic (exact) mass is 310 g/mol. The first-order valence-electron chi connectivity index (χ1n) is 6.65. The summed E-state index contributed by atoms with van der Waals surface area (Å²) in [7, 11) is 0. The number of hydrogen-bond acceptors (Lipinski definition) is 6. The molecule has 2 aromatic rings. The third-order valence-corrected chi connectivity index (χ3v) is 2.64. The molecule has 2 heterocycles. The molecule has 0 aliphatic rings. The summed E-state index contributed by atoms with van der Waals surface area (Å²) in [6, 6.07) is 6.29. The van der Waals surface area contributed by atoms with E-state index in [1.807, 2.05) is 0 Å². The van der Waals surface area contributed by atoms with Crippen LogP contribution < -0.4 is 10.9 Å². The van der Waals surface area contributed by atoms with Crippen LogP contribution in [0, 0.1) is 0 Å². The van der Waals surface area contributed by atoms with E-state index in [0.717, 1.165) is 0 Å². The van der Waals surface area contributed by atoms with E-state index in [1.54, 1.807) is 31.2 Å². The normalized spacial score (nSPS) is 11.3. The Morgan fingerprint density at radius 2 is 1.39 bits per heavy atom. The molecule has 2 rings (SSSR count). The Labute approximate surface area is 132 Å². The van der Waals surface area contributed by atoms with E-state index in [9.17, 15) is 9.59 Å². The van der Waals surface area contributed by atoms with E-state index >= 15 is 0 Å². The minimum atomic E-state index is -0.364. The van der Waals surface area contributed by atoms with Gasteiger partial charge in [0.1, 0.15) is 0 Å². The number of hydrogen-bond donors (Lipinski definition) is 2. The van der Waals surface area contributed by atoms with Gasteiger partial charge in [-0.1, -0.05) is 0 Å². The minimum Gasteiger partial charge on any atom is -0.267 e. The van der Waals surface area contributed by atoms with Gasteiger partial charge in [-0.05, 0) is 31.2 Å². The summed E-state index contributed by atoms with van der Waals surface area (Å²) in [5, 5.41) is 7.62. The summed E-state index contributed by atoms with van der Waals surface area (Å²) in [4.78, 5) is 31.1. The van der Waals surface area contributed by atoms with Gasteiger partial charge >= 0.3 is 0 Å². The molecule has 2 N–H and O–H groups in total. The average Bonchev–Trinajstić information content (AvgIpc) is 2.61. The van der Waals surface area contributed by atoms with Crippen LogP contribution in [0.25, 0.3) is 0 Å². The molecule has 0 aromatic carbocycles. The second-order valence-electron chi connectivity index (χ2n) is 4.37. The fourth-order valence-electron chi connectivity index (χ4n) is 1.49. The molecular weight excluding hydrogens is 296 g/mol.